The molecule has 1 aliphatic heterocycles. The van der Waals surface area contributed by atoms with E-state index < -0.39 is 74.2 Å². The van der Waals surface area contributed by atoms with Gasteiger partial charge in [-0.2, -0.15) is 9.97 Å². The summed E-state index contributed by atoms with van der Waals surface area (Å²) in [6.07, 6.45) is -2.77. The number of rotatable bonds is 15. The first-order valence-corrected chi connectivity index (χ1v) is 18.2. The van der Waals surface area contributed by atoms with Crippen LogP contribution in [0.1, 0.15) is 82.4 Å². The third kappa shape index (κ3) is 10.3. The number of carbonyl (C=O) groups excluding carboxylic acids is 2. The highest BCUT2D eigenvalue weighted by atomic mass is 31.2. The summed E-state index contributed by atoms with van der Waals surface area (Å²) in [6.45, 7) is 19.4. The van der Waals surface area contributed by atoms with Crippen LogP contribution in [0.25, 0.3) is 11.2 Å². The zero-order valence-electron chi connectivity index (χ0n) is 31.2. The number of imidazole rings is 1. The maximum Gasteiger partial charge on any atom is 0.342 e. The number of aliphatic hydroxyl groups is 2. The summed E-state index contributed by atoms with van der Waals surface area (Å²) in [5.74, 6) is -2.20. The minimum absolute atomic E-state index is 0.101. The number of hydrogen-bond acceptors (Lipinski definition) is 14. The van der Waals surface area contributed by atoms with Gasteiger partial charge in [-0.15, -0.1) is 0 Å². The van der Waals surface area contributed by atoms with Crippen molar-refractivity contribution in [1.82, 2.24) is 29.7 Å². The lowest BCUT2D eigenvalue weighted by Crippen LogP contribution is -2.49. The van der Waals surface area contributed by atoms with E-state index in [1.54, 1.807) is 27.7 Å². The fourth-order valence-corrected chi connectivity index (χ4v) is 7.08. The van der Waals surface area contributed by atoms with Gasteiger partial charge in [-0.1, -0.05) is 69.2 Å². The van der Waals surface area contributed by atoms with Crippen LogP contribution >= 0.6 is 7.67 Å². The molecule has 1 aliphatic rings. The maximum absolute atomic E-state index is 14.8. The van der Waals surface area contributed by atoms with Crippen molar-refractivity contribution in [2.75, 3.05) is 32.7 Å². The molecule has 1 saturated heterocycles. The van der Waals surface area contributed by atoms with Crippen LogP contribution in [-0.2, 0) is 32.9 Å². The van der Waals surface area contributed by atoms with E-state index in [-0.39, 0.29) is 47.0 Å². The third-order valence-electron chi connectivity index (χ3n) is 7.78. The monoisotopic (exact) mass is 729 g/mol. The molecular formula is C32H56N7O10P. The van der Waals surface area contributed by atoms with Crippen molar-refractivity contribution in [2.24, 2.45) is 22.7 Å². The minimum Gasteiger partial charge on any atom is -0.479 e. The molecule has 2 aromatic rings. The highest BCUT2D eigenvalue weighted by Crippen LogP contribution is 2.45. The Morgan fingerprint density at radius 2 is 1.52 bits per heavy atom. The van der Waals surface area contributed by atoms with Crippen molar-refractivity contribution in [3.05, 3.63) is 6.33 Å². The molecular weight excluding hydrogens is 673 g/mol. The first-order chi connectivity index (χ1) is 22.9. The normalized spacial score (nSPS) is 23.0. The van der Waals surface area contributed by atoms with Crippen molar-refractivity contribution in [3.63, 3.8) is 0 Å². The van der Waals surface area contributed by atoms with Crippen LogP contribution in [0.2, 0.25) is 0 Å². The van der Waals surface area contributed by atoms with Crippen molar-refractivity contribution in [2.45, 2.75) is 112 Å². The second-order valence-corrected chi connectivity index (χ2v) is 17.9. The number of carbonyl (C=O) groups is 2. The summed E-state index contributed by atoms with van der Waals surface area (Å²) < 4.78 is 44.6. The lowest BCUT2D eigenvalue weighted by atomic mass is 9.96. The molecule has 0 unspecified atom stereocenters. The number of aromatic nitrogens is 4. The van der Waals surface area contributed by atoms with Crippen LogP contribution < -0.4 is 20.6 Å². The topological polar surface area (TPSA) is 231 Å². The predicted octanol–water partition coefficient (Wildman–Crippen LogP) is 2.96. The third-order valence-corrected chi connectivity index (χ3v) is 9.53. The fourth-order valence-electron chi connectivity index (χ4n) is 4.96. The fraction of sp³-hybridized carbons (Fsp3) is 0.781. The molecule has 18 heteroatoms. The highest BCUT2D eigenvalue weighted by molar-refractivity contribution is 7.54. The van der Waals surface area contributed by atoms with Gasteiger partial charge in [0.2, 0.25) is 11.8 Å². The molecule has 3 rings (SSSR count). The summed E-state index contributed by atoms with van der Waals surface area (Å²) in [5.41, 5.74) is 3.67. The molecule has 50 heavy (non-hydrogen) atoms. The Morgan fingerprint density at radius 3 is 1.96 bits per heavy atom. The van der Waals surface area contributed by atoms with Gasteiger partial charge in [-0.3, -0.25) is 18.7 Å². The first-order valence-electron chi connectivity index (χ1n) is 16.6. The second-order valence-electron chi connectivity index (χ2n) is 16.0. The molecule has 2 aromatic heterocycles. The summed E-state index contributed by atoms with van der Waals surface area (Å²) in [5, 5.41) is 28.3. The Hall–Kier alpha value is -2.92. The largest absolute Gasteiger partial charge is 0.479 e. The van der Waals surface area contributed by atoms with Crippen LogP contribution in [0, 0.1) is 22.7 Å². The SMILES string of the molecule is COc1nc(N)nc2c1ncn2[C@@H]1O[C@H](COP(=O)(N[C@H](C(=O)OCC(C)(C)C)C(C)C)N[C@H](C(=O)OCC(C)(C)C)C(C)C)[C@@H](O)[C@@]1(C)O. The zero-order valence-corrected chi connectivity index (χ0v) is 32.1. The quantitative estimate of drug-likeness (QED) is 0.131. The number of nitrogens with zero attached hydrogens (tertiary/aromatic N) is 4. The van der Waals surface area contributed by atoms with E-state index in [0.29, 0.717) is 0 Å². The number of anilines is 1. The Labute approximate surface area is 293 Å². The van der Waals surface area contributed by atoms with Gasteiger partial charge in [-0.05, 0) is 29.6 Å². The van der Waals surface area contributed by atoms with Gasteiger partial charge in [0.05, 0.1) is 33.3 Å². The Morgan fingerprint density at radius 1 is 1.02 bits per heavy atom. The number of hydrogen-bond donors (Lipinski definition) is 5. The average Bonchev–Trinajstić information content (AvgIpc) is 3.50. The summed E-state index contributed by atoms with van der Waals surface area (Å²) in [4.78, 5) is 39.1. The molecule has 0 aliphatic carbocycles. The molecule has 3 heterocycles. The second kappa shape index (κ2) is 15.8. The lowest BCUT2D eigenvalue weighted by molar-refractivity contribution is -0.150. The average molecular weight is 730 g/mol. The molecule has 0 bridgehead atoms. The molecule has 17 nitrogen and oxygen atoms in total. The molecule has 0 spiro atoms. The predicted molar refractivity (Wildman–Crippen MR) is 185 cm³/mol. The Balaban J connectivity index is 1.95. The van der Waals surface area contributed by atoms with Crippen LogP contribution in [-0.4, -0.2) is 98.5 Å². The number of ether oxygens (including phenoxy) is 4. The van der Waals surface area contributed by atoms with Gasteiger partial charge in [0.1, 0.15) is 29.9 Å². The van der Waals surface area contributed by atoms with Gasteiger partial charge in [0.15, 0.2) is 17.4 Å². The molecule has 0 saturated carbocycles. The first kappa shape index (κ1) is 41.5. The van der Waals surface area contributed by atoms with Gasteiger partial charge < -0.3 is 39.4 Å². The van der Waals surface area contributed by atoms with E-state index in [2.05, 4.69) is 25.1 Å². The van der Waals surface area contributed by atoms with Crippen molar-refractivity contribution in [3.8, 4) is 5.88 Å². The highest BCUT2D eigenvalue weighted by Gasteiger charge is 2.54. The number of nitrogens with one attached hydrogen (secondary N) is 2. The molecule has 284 valence electrons. The molecule has 6 atom stereocenters. The van der Waals surface area contributed by atoms with E-state index in [0.717, 1.165) is 0 Å². The Kier molecular flexibility index (Phi) is 13.1. The summed E-state index contributed by atoms with van der Waals surface area (Å²) in [7, 11) is -2.99. The van der Waals surface area contributed by atoms with Crippen LogP contribution in [0.5, 0.6) is 5.88 Å². The van der Waals surface area contributed by atoms with E-state index in [9.17, 15) is 24.4 Å². The van der Waals surface area contributed by atoms with Gasteiger partial charge in [0, 0.05) is 0 Å². The smallest absolute Gasteiger partial charge is 0.342 e. The summed E-state index contributed by atoms with van der Waals surface area (Å²) >= 11 is 0. The number of aliphatic hydroxyl groups excluding tert-OH is 1. The van der Waals surface area contributed by atoms with Gasteiger partial charge in [-0.25, -0.2) is 15.2 Å². The summed E-state index contributed by atoms with van der Waals surface area (Å²) in [6, 6.07) is -2.26. The molecule has 0 aromatic carbocycles. The van der Waals surface area contributed by atoms with Crippen LogP contribution in [0.15, 0.2) is 6.33 Å². The van der Waals surface area contributed by atoms with Crippen molar-refractivity contribution < 1.29 is 47.8 Å². The number of fused-ring (bicyclic) bond motifs is 1. The zero-order chi connectivity index (χ0) is 38.0. The van der Waals surface area contributed by atoms with Crippen LogP contribution in [0.3, 0.4) is 0 Å². The maximum atomic E-state index is 14.8. The van der Waals surface area contributed by atoms with Crippen molar-refractivity contribution in [1.29, 1.82) is 0 Å². The van der Waals surface area contributed by atoms with E-state index in [4.69, 9.17) is 29.2 Å². The number of nitrogen functional groups attached to an aromatic ring is 1. The number of esters is 2. The van der Waals surface area contributed by atoms with E-state index >= 15 is 0 Å². The standard InChI is InChI=1S/C32H56N7O10P/c1-17(2)20(26(41)46-14-30(5,6)7)37-50(44,38-21(18(3)4)27(42)47-15-31(8,9)10)48-13-19-23(40)32(11,43)28(49-19)39-16-34-22-24(39)35-29(33)36-25(22)45-12/h16-21,23,28,40,43H,13-15H2,1-12H3,(H2,33,35,36)(H2,37,38,44)/t19-,20+,21+,23-,28-,32-/m1/s1. The van der Waals surface area contributed by atoms with Gasteiger partial charge in [0.25, 0.3) is 0 Å². The molecule has 0 amide bonds. The van der Waals surface area contributed by atoms with Gasteiger partial charge >= 0.3 is 19.6 Å². The van der Waals surface area contributed by atoms with Crippen LogP contribution in [0.4, 0.5) is 5.95 Å². The molecule has 0 radical (unpaired) electrons. The van der Waals surface area contributed by atoms with Crippen molar-refractivity contribution >= 4 is 36.7 Å². The lowest BCUT2D eigenvalue weighted by Gasteiger charge is -2.32. The minimum atomic E-state index is -4.38. The molecule has 1 fully saturated rings. The Bertz CT molecular complexity index is 1490. The van der Waals surface area contributed by atoms with E-state index in [1.807, 2.05) is 41.5 Å². The van der Waals surface area contributed by atoms with E-state index in [1.165, 1.54) is 24.9 Å². The number of methoxy groups -OCH3 is 1. The number of nitrogens with two attached hydrogens (primary N) is 1. The molecule has 6 N–H and O–H groups in total.